The molecule has 0 atom stereocenters. The van der Waals surface area contributed by atoms with E-state index in [2.05, 4.69) is 74.4 Å². The standard InChI is InChI=1S/C14H16Br2N2S/c1-14(2,3)12-8-19-13(18-12)7-17-11-6-9(15)4-5-10(11)16/h4-6,8,17H,7H2,1-3H3. The molecule has 0 saturated heterocycles. The van der Waals surface area contributed by atoms with Gasteiger partial charge < -0.3 is 5.32 Å². The second-order valence-corrected chi connectivity index (χ2v) is 8.07. The van der Waals surface area contributed by atoms with Crippen molar-refractivity contribution in [3.63, 3.8) is 0 Å². The molecular formula is C14H16Br2N2S. The second kappa shape index (κ2) is 5.94. The van der Waals surface area contributed by atoms with Gasteiger partial charge in [0.25, 0.3) is 0 Å². The van der Waals surface area contributed by atoms with E-state index in [1.54, 1.807) is 11.3 Å². The third kappa shape index (κ3) is 4.04. The molecule has 2 rings (SSSR count). The highest BCUT2D eigenvalue weighted by Gasteiger charge is 2.17. The van der Waals surface area contributed by atoms with Crippen molar-refractivity contribution < 1.29 is 0 Å². The Morgan fingerprint density at radius 2 is 2.00 bits per heavy atom. The van der Waals surface area contributed by atoms with E-state index in [-0.39, 0.29) is 5.41 Å². The lowest BCUT2D eigenvalue weighted by molar-refractivity contribution is 0.571. The summed E-state index contributed by atoms with van der Waals surface area (Å²) in [4.78, 5) is 4.68. The van der Waals surface area contributed by atoms with Crippen molar-refractivity contribution in [2.45, 2.75) is 32.7 Å². The third-order valence-corrected chi connectivity index (χ3v) is 4.71. The van der Waals surface area contributed by atoms with Crippen LogP contribution in [0.2, 0.25) is 0 Å². The van der Waals surface area contributed by atoms with Gasteiger partial charge in [-0.2, -0.15) is 0 Å². The Morgan fingerprint density at radius 3 is 2.63 bits per heavy atom. The van der Waals surface area contributed by atoms with Gasteiger partial charge in [0.05, 0.1) is 12.2 Å². The van der Waals surface area contributed by atoms with Gasteiger partial charge in [-0.1, -0.05) is 36.7 Å². The van der Waals surface area contributed by atoms with Crippen molar-refractivity contribution in [1.29, 1.82) is 0 Å². The number of thiazole rings is 1. The molecule has 0 amide bonds. The number of aromatic nitrogens is 1. The Balaban J connectivity index is 2.06. The summed E-state index contributed by atoms with van der Waals surface area (Å²) in [6.07, 6.45) is 0. The van der Waals surface area contributed by atoms with Crippen LogP contribution in [0.3, 0.4) is 0 Å². The summed E-state index contributed by atoms with van der Waals surface area (Å²) in [6.45, 7) is 7.30. The molecule has 1 aromatic carbocycles. The molecule has 1 aromatic heterocycles. The fraction of sp³-hybridized carbons (Fsp3) is 0.357. The van der Waals surface area contributed by atoms with E-state index < -0.39 is 0 Å². The highest BCUT2D eigenvalue weighted by Crippen LogP contribution is 2.28. The highest BCUT2D eigenvalue weighted by atomic mass is 79.9. The zero-order valence-electron chi connectivity index (χ0n) is 11.1. The molecule has 0 spiro atoms. The Morgan fingerprint density at radius 1 is 1.26 bits per heavy atom. The van der Waals surface area contributed by atoms with Crippen LogP contribution in [0.4, 0.5) is 5.69 Å². The third-order valence-electron chi connectivity index (χ3n) is 2.68. The normalized spacial score (nSPS) is 11.6. The molecule has 0 aliphatic heterocycles. The Kier molecular flexibility index (Phi) is 4.69. The van der Waals surface area contributed by atoms with Crippen LogP contribution in [0.5, 0.6) is 0 Å². The zero-order valence-corrected chi connectivity index (χ0v) is 15.1. The monoisotopic (exact) mass is 402 g/mol. The van der Waals surface area contributed by atoms with E-state index in [1.807, 2.05) is 12.1 Å². The van der Waals surface area contributed by atoms with Crippen LogP contribution in [0, 0.1) is 0 Å². The Labute approximate surface area is 134 Å². The lowest BCUT2D eigenvalue weighted by Gasteiger charge is -2.14. The minimum Gasteiger partial charge on any atom is -0.378 e. The Hall–Kier alpha value is -0.390. The van der Waals surface area contributed by atoms with E-state index in [1.165, 1.54) is 0 Å². The molecule has 1 heterocycles. The maximum absolute atomic E-state index is 4.68. The van der Waals surface area contributed by atoms with E-state index in [0.29, 0.717) is 0 Å². The molecule has 0 aliphatic rings. The lowest BCUT2D eigenvalue weighted by atomic mass is 9.93. The van der Waals surface area contributed by atoms with Gasteiger partial charge in [0.15, 0.2) is 0 Å². The summed E-state index contributed by atoms with van der Waals surface area (Å²) < 4.78 is 2.12. The van der Waals surface area contributed by atoms with Crippen molar-refractivity contribution in [3.05, 3.63) is 43.2 Å². The first-order valence-electron chi connectivity index (χ1n) is 6.00. The van der Waals surface area contributed by atoms with Gasteiger partial charge in [-0.05, 0) is 34.1 Å². The number of halogens is 2. The SMILES string of the molecule is CC(C)(C)c1csc(CNc2cc(Br)ccc2Br)n1. The van der Waals surface area contributed by atoms with E-state index in [9.17, 15) is 0 Å². The van der Waals surface area contributed by atoms with Crippen LogP contribution in [0.1, 0.15) is 31.5 Å². The summed E-state index contributed by atoms with van der Waals surface area (Å²) in [6, 6.07) is 6.09. The summed E-state index contributed by atoms with van der Waals surface area (Å²) in [5.74, 6) is 0. The van der Waals surface area contributed by atoms with Gasteiger partial charge in [0.2, 0.25) is 0 Å². The summed E-state index contributed by atoms with van der Waals surface area (Å²) >= 11 is 8.72. The molecule has 0 bridgehead atoms. The quantitative estimate of drug-likeness (QED) is 0.723. The van der Waals surface area contributed by atoms with Gasteiger partial charge >= 0.3 is 0 Å². The Bertz CT molecular complexity index is 573. The first-order valence-corrected chi connectivity index (χ1v) is 8.46. The fourth-order valence-electron chi connectivity index (χ4n) is 1.54. The fourth-order valence-corrected chi connectivity index (χ4v) is 3.25. The molecule has 0 radical (unpaired) electrons. The zero-order chi connectivity index (χ0) is 14.0. The van der Waals surface area contributed by atoms with Crippen LogP contribution in [-0.2, 0) is 12.0 Å². The van der Waals surface area contributed by atoms with E-state index >= 15 is 0 Å². The van der Waals surface area contributed by atoms with Gasteiger partial charge in [0, 0.05) is 25.4 Å². The van der Waals surface area contributed by atoms with Crippen LogP contribution in [-0.4, -0.2) is 4.98 Å². The number of benzene rings is 1. The average Bonchev–Trinajstić information content (AvgIpc) is 2.79. The number of nitrogens with zero attached hydrogens (tertiary/aromatic N) is 1. The maximum atomic E-state index is 4.68. The van der Waals surface area contributed by atoms with E-state index in [4.69, 9.17) is 0 Å². The molecule has 1 N–H and O–H groups in total. The summed E-state index contributed by atoms with van der Waals surface area (Å²) in [5, 5.41) is 6.66. The molecule has 102 valence electrons. The van der Waals surface area contributed by atoms with Crippen molar-refractivity contribution >= 4 is 48.9 Å². The summed E-state index contributed by atoms with van der Waals surface area (Å²) in [7, 11) is 0. The van der Waals surface area contributed by atoms with Crippen LogP contribution in [0.25, 0.3) is 0 Å². The second-order valence-electron chi connectivity index (χ2n) is 5.35. The predicted molar refractivity (Wildman–Crippen MR) is 90.0 cm³/mol. The van der Waals surface area contributed by atoms with Crippen LogP contribution < -0.4 is 5.32 Å². The minimum absolute atomic E-state index is 0.116. The molecule has 19 heavy (non-hydrogen) atoms. The van der Waals surface area contributed by atoms with Crippen molar-refractivity contribution in [2.24, 2.45) is 0 Å². The molecule has 0 fully saturated rings. The predicted octanol–water partition coefficient (Wildman–Crippen LogP) is 5.58. The van der Waals surface area contributed by atoms with Crippen molar-refractivity contribution in [2.75, 3.05) is 5.32 Å². The molecule has 2 nitrogen and oxygen atoms in total. The molecular weight excluding hydrogens is 388 g/mol. The molecule has 5 heteroatoms. The van der Waals surface area contributed by atoms with Crippen molar-refractivity contribution in [3.8, 4) is 0 Å². The van der Waals surface area contributed by atoms with Crippen LogP contribution in [0.15, 0.2) is 32.5 Å². The van der Waals surface area contributed by atoms with E-state index in [0.717, 1.165) is 31.9 Å². The number of rotatable bonds is 3. The number of nitrogens with one attached hydrogen (secondary N) is 1. The molecule has 2 aromatic rings. The first kappa shape index (κ1) is 15.0. The summed E-state index contributed by atoms with van der Waals surface area (Å²) in [5.41, 5.74) is 2.34. The highest BCUT2D eigenvalue weighted by molar-refractivity contribution is 9.11. The molecule has 0 unspecified atom stereocenters. The van der Waals surface area contributed by atoms with Crippen LogP contribution >= 0.6 is 43.2 Å². The average molecular weight is 404 g/mol. The van der Waals surface area contributed by atoms with Gasteiger partial charge in [-0.15, -0.1) is 11.3 Å². The van der Waals surface area contributed by atoms with Gasteiger partial charge in [-0.3, -0.25) is 0 Å². The topological polar surface area (TPSA) is 24.9 Å². The number of hydrogen-bond acceptors (Lipinski definition) is 3. The maximum Gasteiger partial charge on any atom is 0.112 e. The first-order chi connectivity index (χ1) is 8.86. The van der Waals surface area contributed by atoms with Gasteiger partial charge in [0.1, 0.15) is 5.01 Å². The lowest BCUT2D eigenvalue weighted by Crippen LogP contribution is -2.11. The number of hydrogen-bond donors (Lipinski definition) is 1. The number of anilines is 1. The molecule has 0 saturated carbocycles. The van der Waals surface area contributed by atoms with Crippen molar-refractivity contribution in [1.82, 2.24) is 4.98 Å². The minimum atomic E-state index is 0.116. The smallest absolute Gasteiger partial charge is 0.112 e. The largest absolute Gasteiger partial charge is 0.378 e. The van der Waals surface area contributed by atoms with Gasteiger partial charge in [-0.25, -0.2) is 4.98 Å². The molecule has 0 aliphatic carbocycles.